The number of non-ortho nitro benzene ring substituents is 1. The van der Waals surface area contributed by atoms with E-state index >= 15 is 0 Å². The Morgan fingerprint density at radius 2 is 2.10 bits per heavy atom. The van der Waals surface area contributed by atoms with Gasteiger partial charge in [-0.3, -0.25) is 14.9 Å². The summed E-state index contributed by atoms with van der Waals surface area (Å²) in [6, 6.07) is 2.36. The molecule has 0 bridgehead atoms. The van der Waals surface area contributed by atoms with Crippen molar-refractivity contribution >= 4 is 11.6 Å². The molecule has 1 aromatic rings. The molecule has 1 aromatic carbocycles. The number of halogens is 1. The lowest BCUT2D eigenvalue weighted by Gasteiger charge is -2.28. The van der Waals surface area contributed by atoms with Gasteiger partial charge in [-0.15, -0.1) is 0 Å². The Labute approximate surface area is 114 Å². The van der Waals surface area contributed by atoms with E-state index in [1.165, 1.54) is 0 Å². The molecule has 0 spiro atoms. The molecular formula is C13H15FN2O4. The van der Waals surface area contributed by atoms with Crippen molar-refractivity contribution < 1.29 is 19.2 Å². The molecule has 20 heavy (non-hydrogen) atoms. The van der Waals surface area contributed by atoms with E-state index < -0.39 is 28.8 Å². The quantitative estimate of drug-likeness (QED) is 0.652. The van der Waals surface area contributed by atoms with Crippen LogP contribution in [0.15, 0.2) is 18.2 Å². The van der Waals surface area contributed by atoms with Crippen LogP contribution < -0.4 is 5.32 Å². The Morgan fingerprint density at radius 3 is 2.75 bits per heavy atom. The summed E-state index contributed by atoms with van der Waals surface area (Å²) >= 11 is 0. The molecular weight excluding hydrogens is 267 g/mol. The van der Waals surface area contributed by atoms with E-state index in [9.17, 15) is 24.4 Å². The van der Waals surface area contributed by atoms with Crippen molar-refractivity contribution in [1.29, 1.82) is 0 Å². The number of nitro groups is 1. The van der Waals surface area contributed by atoms with Crippen LogP contribution in [0.5, 0.6) is 0 Å². The minimum atomic E-state index is -0.821. The first kappa shape index (κ1) is 14.4. The fraction of sp³-hybridized carbons (Fsp3) is 0.462. The Kier molecular flexibility index (Phi) is 4.29. The summed E-state index contributed by atoms with van der Waals surface area (Å²) in [5.41, 5.74) is -0.724. The van der Waals surface area contributed by atoms with Gasteiger partial charge in [0.05, 0.1) is 22.6 Å². The minimum absolute atomic E-state index is 0.347. The second kappa shape index (κ2) is 5.96. The van der Waals surface area contributed by atoms with Gasteiger partial charge in [0.1, 0.15) is 5.82 Å². The number of benzene rings is 1. The highest BCUT2D eigenvalue weighted by atomic mass is 19.1. The maximum Gasteiger partial charge on any atom is 0.270 e. The molecule has 2 rings (SSSR count). The Bertz CT molecular complexity index is 535. The molecule has 0 aromatic heterocycles. The minimum Gasteiger partial charge on any atom is -0.391 e. The highest BCUT2D eigenvalue weighted by Crippen LogP contribution is 2.20. The zero-order valence-electron chi connectivity index (χ0n) is 10.7. The molecule has 0 unspecified atom stereocenters. The van der Waals surface area contributed by atoms with E-state index in [2.05, 4.69) is 5.32 Å². The van der Waals surface area contributed by atoms with Gasteiger partial charge in [0.25, 0.3) is 11.6 Å². The molecule has 2 N–H and O–H groups in total. The monoisotopic (exact) mass is 282 g/mol. The number of nitrogens with one attached hydrogen (secondary N) is 1. The first-order valence-electron chi connectivity index (χ1n) is 6.42. The van der Waals surface area contributed by atoms with Gasteiger partial charge in [-0.1, -0.05) is 12.8 Å². The van der Waals surface area contributed by atoms with Gasteiger partial charge in [0.2, 0.25) is 0 Å². The van der Waals surface area contributed by atoms with Gasteiger partial charge >= 0.3 is 0 Å². The molecule has 6 nitrogen and oxygen atoms in total. The maximum atomic E-state index is 13.6. The number of amides is 1. The van der Waals surface area contributed by atoms with Crippen molar-refractivity contribution in [2.45, 2.75) is 37.8 Å². The zero-order valence-corrected chi connectivity index (χ0v) is 10.7. The van der Waals surface area contributed by atoms with E-state index in [-0.39, 0.29) is 11.3 Å². The highest BCUT2D eigenvalue weighted by Gasteiger charge is 2.26. The van der Waals surface area contributed by atoms with Crippen LogP contribution in [0, 0.1) is 15.9 Å². The number of hydrogen-bond acceptors (Lipinski definition) is 4. The van der Waals surface area contributed by atoms with E-state index in [1.807, 2.05) is 0 Å². The van der Waals surface area contributed by atoms with Crippen molar-refractivity contribution in [2.75, 3.05) is 0 Å². The third-order valence-electron chi connectivity index (χ3n) is 3.45. The van der Waals surface area contributed by atoms with Crippen LogP contribution in [-0.2, 0) is 0 Å². The molecule has 1 saturated carbocycles. The third kappa shape index (κ3) is 3.11. The summed E-state index contributed by atoms with van der Waals surface area (Å²) in [5, 5.41) is 22.9. The standard InChI is InChI=1S/C13H15FN2O4/c14-10-6-5-8(16(19)20)7-9(10)13(18)15-11-3-1-2-4-12(11)17/h5-7,11-12,17H,1-4H2,(H,15,18)/t11-,12-/m1/s1. The molecule has 1 fully saturated rings. The number of nitro benzene ring substituents is 1. The van der Waals surface area contributed by atoms with Crippen LogP contribution in [0.1, 0.15) is 36.0 Å². The maximum absolute atomic E-state index is 13.6. The highest BCUT2D eigenvalue weighted by molar-refractivity contribution is 5.95. The first-order valence-corrected chi connectivity index (χ1v) is 6.42. The van der Waals surface area contributed by atoms with Crippen LogP contribution in [0.3, 0.4) is 0 Å². The fourth-order valence-corrected chi connectivity index (χ4v) is 2.33. The lowest BCUT2D eigenvalue weighted by Crippen LogP contribution is -2.45. The SMILES string of the molecule is O=C(N[C@@H]1CCCC[C@H]1O)c1cc([N+](=O)[O-])ccc1F. The van der Waals surface area contributed by atoms with Gasteiger partial charge in [0.15, 0.2) is 0 Å². The summed E-state index contributed by atoms with van der Waals surface area (Å²) < 4.78 is 13.6. The van der Waals surface area contributed by atoms with Gasteiger partial charge < -0.3 is 10.4 Å². The molecule has 0 radical (unpaired) electrons. The largest absolute Gasteiger partial charge is 0.391 e. The van der Waals surface area contributed by atoms with Crippen molar-refractivity contribution in [2.24, 2.45) is 0 Å². The summed E-state index contributed by atoms with van der Waals surface area (Å²) in [5.74, 6) is -1.56. The fourth-order valence-electron chi connectivity index (χ4n) is 2.33. The normalized spacial score (nSPS) is 22.3. The Hall–Kier alpha value is -2.02. The van der Waals surface area contributed by atoms with Gasteiger partial charge in [-0.25, -0.2) is 4.39 Å². The number of aliphatic hydroxyl groups excluding tert-OH is 1. The number of hydrogen-bond donors (Lipinski definition) is 2. The van der Waals surface area contributed by atoms with Gasteiger partial charge in [-0.05, 0) is 18.9 Å². The summed E-state index contributed by atoms with van der Waals surface area (Å²) in [7, 11) is 0. The first-order chi connectivity index (χ1) is 9.49. The van der Waals surface area contributed by atoms with E-state index in [1.54, 1.807) is 0 Å². The zero-order chi connectivity index (χ0) is 14.7. The average molecular weight is 282 g/mol. The molecule has 7 heteroatoms. The number of nitrogens with zero attached hydrogens (tertiary/aromatic N) is 1. The molecule has 0 heterocycles. The van der Waals surface area contributed by atoms with Crippen LogP contribution in [0.4, 0.5) is 10.1 Å². The number of rotatable bonds is 3. The van der Waals surface area contributed by atoms with E-state index in [4.69, 9.17) is 0 Å². The Morgan fingerprint density at radius 1 is 1.40 bits per heavy atom. The molecule has 1 aliphatic carbocycles. The van der Waals surface area contributed by atoms with Crippen LogP contribution in [0.25, 0.3) is 0 Å². The van der Waals surface area contributed by atoms with Gasteiger partial charge in [-0.2, -0.15) is 0 Å². The Balaban J connectivity index is 2.16. The van der Waals surface area contributed by atoms with Crippen LogP contribution >= 0.6 is 0 Å². The van der Waals surface area contributed by atoms with Crippen molar-refractivity contribution in [1.82, 2.24) is 5.32 Å². The molecule has 1 aliphatic rings. The van der Waals surface area contributed by atoms with Crippen molar-refractivity contribution in [3.8, 4) is 0 Å². The van der Waals surface area contributed by atoms with Crippen molar-refractivity contribution in [3.63, 3.8) is 0 Å². The van der Waals surface area contributed by atoms with E-state index in [0.29, 0.717) is 12.8 Å². The van der Waals surface area contributed by atoms with E-state index in [0.717, 1.165) is 31.0 Å². The lowest BCUT2D eigenvalue weighted by molar-refractivity contribution is -0.384. The van der Waals surface area contributed by atoms with Crippen LogP contribution in [0.2, 0.25) is 0 Å². The summed E-state index contributed by atoms with van der Waals surface area (Å²) in [4.78, 5) is 21.9. The van der Waals surface area contributed by atoms with Gasteiger partial charge in [0, 0.05) is 12.1 Å². The summed E-state index contributed by atoms with van der Waals surface area (Å²) in [6.45, 7) is 0. The second-order valence-electron chi connectivity index (χ2n) is 4.85. The second-order valence-corrected chi connectivity index (χ2v) is 4.85. The lowest BCUT2D eigenvalue weighted by atomic mass is 9.92. The molecule has 0 aliphatic heterocycles. The predicted molar refractivity (Wildman–Crippen MR) is 68.8 cm³/mol. The smallest absolute Gasteiger partial charge is 0.270 e. The number of carbonyl (C=O) groups excluding carboxylic acids is 1. The number of aliphatic hydroxyl groups is 1. The molecule has 2 atom stereocenters. The van der Waals surface area contributed by atoms with Crippen LogP contribution in [-0.4, -0.2) is 28.1 Å². The number of carbonyl (C=O) groups is 1. The molecule has 108 valence electrons. The molecule has 0 saturated heterocycles. The topological polar surface area (TPSA) is 92.5 Å². The molecule has 1 amide bonds. The summed E-state index contributed by atoms with van der Waals surface area (Å²) in [6.07, 6.45) is 2.30. The predicted octanol–water partition coefficient (Wildman–Crippen LogP) is 1.77. The van der Waals surface area contributed by atoms with Crippen molar-refractivity contribution in [3.05, 3.63) is 39.7 Å². The third-order valence-corrected chi connectivity index (χ3v) is 3.45. The average Bonchev–Trinajstić information content (AvgIpc) is 2.41.